The van der Waals surface area contributed by atoms with Crippen LogP contribution >= 0.6 is 0 Å². The van der Waals surface area contributed by atoms with Crippen molar-refractivity contribution in [1.29, 1.82) is 0 Å². The number of para-hydroxylation sites is 1. The average Bonchev–Trinajstić information content (AvgIpc) is 3.37. The van der Waals surface area contributed by atoms with Gasteiger partial charge in [-0.15, -0.1) is 0 Å². The van der Waals surface area contributed by atoms with Crippen LogP contribution in [0.25, 0.3) is 10.9 Å². The number of anilines is 2. The van der Waals surface area contributed by atoms with Gasteiger partial charge in [-0.05, 0) is 48.7 Å². The lowest BCUT2D eigenvalue weighted by Gasteiger charge is -2.16. The average molecular weight is 405 g/mol. The molecule has 30 heavy (non-hydrogen) atoms. The molecule has 2 amide bonds. The Hall–Kier alpha value is -3.61. The monoisotopic (exact) mass is 405 g/mol. The molecule has 1 fully saturated rings. The third-order valence-corrected chi connectivity index (χ3v) is 5.17. The smallest absolute Gasteiger partial charge is 0.306 e. The van der Waals surface area contributed by atoms with E-state index in [9.17, 15) is 14.4 Å². The lowest BCUT2D eigenvalue weighted by molar-refractivity contribution is -0.147. The SMILES string of the molecule is O=C(COC(=O)CCc1c[nH]c2ccccc12)Nc1ccc(N2CCCC2=O)cc1. The first-order chi connectivity index (χ1) is 14.6. The van der Waals surface area contributed by atoms with Crippen molar-refractivity contribution in [2.45, 2.75) is 25.7 Å². The van der Waals surface area contributed by atoms with Gasteiger partial charge in [-0.2, -0.15) is 0 Å². The third-order valence-electron chi connectivity index (χ3n) is 5.17. The molecule has 0 spiro atoms. The Bertz CT molecular complexity index is 1070. The van der Waals surface area contributed by atoms with Crippen LogP contribution in [-0.2, 0) is 25.5 Å². The van der Waals surface area contributed by atoms with Gasteiger partial charge in [-0.25, -0.2) is 0 Å². The number of nitrogens with one attached hydrogen (secondary N) is 2. The van der Waals surface area contributed by atoms with Gasteiger partial charge in [0.1, 0.15) is 0 Å². The van der Waals surface area contributed by atoms with Crippen LogP contribution in [0.2, 0.25) is 0 Å². The highest BCUT2D eigenvalue weighted by Crippen LogP contribution is 2.23. The summed E-state index contributed by atoms with van der Waals surface area (Å²) in [6.45, 7) is 0.387. The number of hydrogen-bond acceptors (Lipinski definition) is 4. The largest absolute Gasteiger partial charge is 0.456 e. The van der Waals surface area contributed by atoms with Crippen LogP contribution in [-0.4, -0.2) is 35.9 Å². The number of esters is 1. The van der Waals surface area contributed by atoms with Crippen LogP contribution in [0.5, 0.6) is 0 Å². The second kappa shape index (κ2) is 8.82. The van der Waals surface area contributed by atoms with Crippen molar-refractivity contribution in [3.63, 3.8) is 0 Å². The lowest BCUT2D eigenvalue weighted by atomic mass is 10.1. The Kier molecular flexibility index (Phi) is 5.79. The highest BCUT2D eigenvalue weighted by atomic mass is 16.5. The number of amides is 2. The molecule has 1 aromatic heterocycles. The molecule has 2 heterocycles. The van der Waals surface area contributed by atoms with Gasteiger partial charge in [0.25, 0.3) is 5.91 Å². The summed E-state index contributed by atoms with van der Waals surface area (Å²) in [6, 6.07) is 15.0. The number of H-pyrrole nitrogens is 1. The lowest BCUT2D eigenvalue weighted by Crippen LogP contribution is -2.23. The zero-order valence-electron chi connectivity index (χ0n) is 16.5. The standard InChI is InChI=1S/C23H23N3O4/c27-21(25-17-8-10-18(11-9-17)26-13-3-6-22(26)28)15-30-23(29)12-7-16-14-24-20-5-2-1-4-19(16)20/h1-2,4-5,8-11,14,24H,3,6-7,12-13,15H2,(H,25,27). The molecule has 1 aliphatic rings. The van der Waals surface area contributed by atoms with E-state index in [2.05, 4.69) is 10.3 Å². The van der Waals surface area contributed by atoms with E-state index in [1.54, 1.807) is 29.2 Å². The summed E-state index contributed by atoms with van der Waals surface area (Å²) in [5, 5.41) is 3.78. The van der Waals surface area contributed by atoms with E-state index >= 15 is 0 Å². The zero-order valence-corrected chi connectivity index (χ0v) is 16.5. The van der Waals surface area contributed by atoms with Crippen LogP contribution < -0.4 is 10.2 Å². The van der Waals surface area contributed by atoms with Crippen LogP contribution in [0.4, 0.5) is 11.4 Å². The minimum absolute atomic E-state index is 0.117. The molecule has 7 heteroatoms. The maximum atomic E-state index is 12.1. The topological polar surface area (TPSA) is 91.5 Å². The summed E-state index contributed by atoms with van der Waals surface area (Å²) in [7, 11) is 0. The van der Waals surface area contributed by atoms with E-state index in [1.807, 2.05) is 30.5 Å². The van der Waals surface area contributed by atoms with Crippen molar-refractivity contribution in [1.82, 2.24) is 4.98 Å². The van der Waals surface area contributed by atoms with Gasteiger partial charge in [0.05, 0.1) is 0 Å². The summed E-state index contributed by atoms with van der Waals surface area (Å²) < 4.78 is 5.09. The van der Waals surface area contributed by atoms with Gasteiger partial charge in [0.2, 0.25) is 5.91 Å². The second-order valence-corrected chi connectivity index (χ2v) is 7.26. The molecular formula is C23H23N3O4. The summed E-state index contributed by atoms with van der Waals surface area (Å²) >= 11 is 0. The molecule has 0 aliphatic carbocycles. The molecule has 4 rings (SSSR count). The van der Waals surface area contributed by atoms with Crippen molar-refractivity contribution < 1.29 is 19.1 Å². The summed E-state index contributed by atoms with van der Waals surface area (Å²) in [5.74, 6) is -0.704. The fourth-order valence-corrected chi connectivity index (χ4v) is 3.64. The number of hydrogen-bond donors (Lipinski definition) is 2. The first-order valence-electron chi connectivity index (χ1n) is 10.0. The first-order valence-corrected chi connectivity index (χ1v) is 10.0. The molecule has 2 N–H and O–H groups in total. The van der Waals surface area contributed by atoms with Crippen LogP contribution in [0.3, 0.4) is 0 Å². The molecule has 0 saturated carbocycles. The molecule has 7 nitrogen and oxygen atoms in total. The van der Waals surface area contributed by atoms with Gasteiger partial charge in [-0.1, -0.05) is 18.2 Å². The highest BCUT2D eigenvalue weighted by Gasteiger charge is 2.21. The maximum Gasteiger partial charge on any atom is 0.306 e. The Morgan fingerprint density at radius 1 is 1.10 bits per heavy atom. The zero-order chi connectivity index (χ0) is 20.9. The number of aryl methyl sites for hydroxylation is 1. The minimum atomic E-state index is -0.418. The molecule has 0 atom stereocenters. The van der Waals surface area contributed by atoms with Crippen molar-refractivity contribution in [3.8, 4) is 0 Å². The van der Waals surface area contributed by atoms with E-state index < -0.39 is 11.9 Å². The number of carbonyl (C=O) groups excluding carboxylic acids is 3. The van der Waals surface area contributed by atoms with Crippen molar-refractivity contribution in [2.24, 2.45) is 0 Å². The molecule has 0 unspecified atom stereocenters. The quantitative estimate of drug-likeness (QED) is 0.590. The number of nitrogens with zero attached hydrogens (tertiary/aromatic N) is 1. The van der Waals surface area contributed by atoms with Gasteiger partial charge in [0, 0.05) is 47.9 Å². The minimum Gasteiger partial charge on any atom is -0.456 e. The Balaban J connectivity index is 1.22. The van der Waals surface area contributed by atoms with E-state index in [-0.39, 0.29) is 18.9 Å². The molecule has 2 aromatic carbocycles. The van der Waals surface area contributed by atoms with Crippen LogP contribution in [0.15, 0.2) is 54.7 Å². The molecule has 1 saturated heterocycles. The maximum absolute atomic E-state index is 12.1. The highest BCUT2D eigenvalue weighted by molar-refractivity contribution is 5.96. The van der Waals surface area contributed by atoms with E-state index in [1.165, 1.54) is 0 Å². The Morgan fingerprint density at radius 2 is 1.90 bits per heavy atom. The summed E-state index contributed by atoms with van der Waals surface area (Å²) in [4.78, 5) is 40.8. The molecule has 1 aliphatic heterocycles. The van der Waals surface area contributed by atoms with Gasteiger partial charge < -0.3 is 19.9 Å². The predicted octanol–water partition coefficient (Wildman–Crippen LogP) is 3.41. The van der Waals surface area contributed by atoms with E-state index in [4.69, 9.17) is 4.74 Å². The number of rotatable bonds is 7. The first kappa shape index (κ1) is 19.7. The fraction of sp³-hybridized carbons (Fsp3) is 0.261. The number of aromatic amines is 1. The van der Waals surface area contributed by atoms with E-state index in [0.29, 0.717) is 18.5 Å². The normalized spacial score (nSPS) is 13.6. The third kappa shape index (κ3) is 4.51. The van der Waals surface area contributed by atoms with Gasteiger partial charge in [0.15, 0.2) is 6.61 Å². The van der Waals surface area contributed by atoms with Crippen molar-refractivity contribution in [2.75, 3.05) is 23.4 Å². The van der Waals surface area contributed by atoms with Crippen molar-refractivity contribution in [3.05, 3.63) is 60.3 Å². The number of aromatic nitrogens is 1. The molecular weight excluding hydrogens is 382 g/mol. The number of fused-ring (bicyclic) bond motifs is 1. The van der Waals surface area contributed by atoms with Gasteiger partial charge in [-0.3, -0.25) is 14.4 Å². The van der Waals surface area contributed by atoms with Crippen molar-refractivity contribution >= 4 is 40.1 Å². The Morgan fingerprint density at radius 3 is 2.67 bits per heavy atom. The van der Waals surface area contributed by atoms with Gasteiger partial charge >= 0.3 is 5.97 Å². The number of carbonyl (C=O) groups is 3. The molecule has 0 radical (unpaired) electrons. The summed E-state index contributed by atoms with van der Waals surface area (Å²) in [6.07, 6.45) is 4.08. The second-order valence-electron chi connectivity index (χ2n) is 7.26. The summed E-state index contributed by atoms with van der Waals surface area (Å²) in [5.41, 5.74) is 3.48. The molecule has 154 valence electrons. The molecule has 3 aromatic rings. The number of benzene rings is 2. The Labute approximate surface area is 174 Å². The number of ether oxygens (including phenoxy) is 1. The van der Waals surface area contributed by atoms with Crippen LogP contribution in [0.1, 0.15) is 24.8 Å². The fourth-order valence-electron chi connectivity index (χ4n) is 3.64. The van der Waals surface area contributed by atoms with Crippen LogP contribution in [0, 0.1) is 0 Å². The molecule has 0 bridgehead atoms. The van der Waals surface area contributed by atoms with E-state index in [0.717, 1.165) is 35.1 Å². The predicted molar refractivity (Wildman–Crippen MR) is 114 cm³/mol.